The summed E-state index contributed by atoms with van der Waals surface area (Å²) < 4.78 is 0. The van der Waals surface area contributed by atoms with E-state index < -0.39 is 0 Å². The maximum absolute atomic E-state index is 12.7. The summed E-state index contributed by atoms with van der Waals surface area (Å²) in [5.74, 6) is 1.27. The molecule has 0 saturated carbocycles. The zero-order valence-corrected chi connectivity index (χ0v) is 17.3. The Morgan fingerprint density at radius 1 is 1.24 bits per heavy atom. The monoisotopic (exact) mass is 396 g/mol. The third kappa shape index (κ3) is 5.42. The first-order valence-electron chi connectivity index (χ1n) is 10.8. The number of imidazole rings is 1. The molecule has 0 aromatic carbocycles. The van der Waals surface area contributed by atoms with Crippen LogP contribution in [-0.2, 0) is 17.9 Å². The molecule has 0 radical (unpaired) electrons. The molecule has 156 valence electrons. The number of carbonyl (C=O) groups is 1. The summed E-state index contributed by atoms with van der Waals surface area (Å²) in [6.07, 6.45) is 9.97. The van der Waals surface area contributed by atoms with Crippen molar-refractivity contribution >= 4 is 5.91 Å². The molecule has 1 amide bonds. The molecule has 2 aromatic rings. The highest BCUT2D eigenvalue weighted by Gasteiger charge is 2.31. The average Bonchev–Trinajstić information content (AvgIpc) is 3.18. The highest BCUT2D eigenvalue weighted by atomic mass is 16.1. The van der Waals surface area contributed by atoms with Gasteiger partial charge in [0.1, 0.15) is 5.82 Å². The normalized spacial score (nSPS) is 21.9. The first kappa shape index (κ1) is 20.0. The van der Waals surface area contributed by atoms with Crippen molar-refractivity contribution in [1.82, 2.24) is 30.1 Å². The van der Waals surface area contributed by atoms with E-state index >= 15 is 0 Å². The lowest BCUT2D eigenvalue weighted by Gasteiger charge is -2.42. The van der Waals surface area contributed by atoms with E-state index in [-0.39, 0.29) is 11.8 Å². The van der Waals surface area contributed by atoms with Gasteiger partial charge in [-0.3, -0.25) is 19.6 Å². The second kappa shape index (κ2) is 9.50. The van der Waals surface area contributed by atoms with Crippen molar-refractivity contribution in [3.8, 4) is 0 Å². The first-order chi connectivity index (χ1) is 14.2. The smallest absolute Gasteiger partial charge is 0.224 e. The molecule has 0 unspecified atom stereocenters. The van der Waals surface area contributed by atoms with E-state index in [4.69, 9.17) is 0 Å². The number of H-pyrrole nitrogens is 1. The third-order valence-electron chi connectivity index (χ3n) is 6.24. The van der Waals surface area contributed by atoms with Crippen molar-refractivity contribution in [3.05, 3.63) is 47.8 Å². The quantitative estimate of drug-likeness (QED) is 0.782. The number of aromatic nitrogens is 3. The predicted octanol–water partition coefficient (Wildman–Crippen LogP) is 2.11. The second-order valence-corrected chi connectivity index (χ2v) is 8.41. The van der Waals surface area contributed by atoms with Gasteiger partial charge in [0.2, 0.25) is 5.91 Å². The van der Waals surface area contributed by atoms with Crippen LogP contribution in [0.1, 0.15) is 42.8 Å². The molecule has 2 aliphatic heterocycles. The van der Waals surface area contributed by atoms with Gasteiger partial charge in [-0.15, -0.1) is 0 Å². The average molecular weight is 397 g/mol. The second-order valence-electron chi connectivity index (χ2n) is 8.41. The number of nitrogens with one attached hydrogen (secondary N) is 2. The van der Waals surface area contributed by atoms with Gasteiger partial charge in [0.25, 0.3) is 0 Å². The number of nitrogens with zero attached hydrogens (tertiary/aromatic N) is 4. The highest BCUT2D eigenvalue weighted by molar-refractivity contribution is 5.78. The third-order valence-corrected chi connectivity index (χ3v) is 6.24. The van der Waals surface area contributed by atoms with Crippen molar-refractivity contribution in [2.24, 2.45) is 5.92 Å². The van der Waals surface area contributed by atoms with Crippen LogP contribution >= 0.6 is 0 Å². The number of carbonyl (C=O) groups excluding carboxylic acids is 1. The minimum Gasteiger partial charge on any atom is -0.352 e. The Labute approximate surface area is 172 Å². The fourth-order valence-corrected chi connectivity index (χ4v) is 4.62. The molecular weight excluding hydrogens is 364 g/mol. The van der Waals surface area contributed by atoms with Crippen molar-refractivity contribution in [1.29, 1.82) is 0 Å². The van der Waals surface area contributed by atoms with Crippen LogP contribution in [0.3, 0.4) is 0 Å². The van der Waals surface area contributed by atoms with Crippen molar-refractivity contribution in [3.63, 3.8) is 0 Å². The van der Waals surface area contributed by atoms with Gasteiger partial charge in [-0.2, -0.15) is 0 Å². The Kier molecular flexibility index (Phi) is 6.56. The van der Waals surface area contributed by atoms with E-state index in [0.717, 1.165) is 57.0 Å². The van der Waals surface area contributed by atoms with Gasteiger partial charge in [0, 0.05) is 63.1 Å². The molecule has 2 aliphatic rings. The molecular formula is C22H32N6O. The minimum atomic E-state index is 0.103. The van der Waals surface area contributed by atoms with E-state index in [0.29, 0.717) is 12.6 Å². The van der Waals surface area contributed by atoms with Crippen LogP contribution in [0.4, 0.5) is 0 Å². The SMILES string of the molecule is Cc1ncc(CN2CCC(N3CCC[C@H](C(=O)NCc4cccnc4)C3)CC2)[nH]1. The van der Waals surface area contributed by atoms with Crippen LogP contribution in [0.15, 0.2) is 30.7 Å². The largest absolute Gasteiger partial charge is 0.352 e. The summed E-state index contributed by atoms with van der Waals surface area (Å²) >= 11 is 0. The summed E-state index contributed by atoms with van der Waals surface area (Å²) in [5.41, 5.74) is 2.25. The number of likely N-dealkylation sites (tertiary alicyclic amines) is 2. The highest BCUT2D eigenvalue weighted by Crippen LogP contribution is 2.24. The molecule has 2 N–H and O–H groups in total. The van der Waals surface area contributed by atoms with Crippen LogP contribution < -0.4 is 5.32 Å². The van der Waals surface area contributed by atoms with Gasteiger partial charge in [0.05, 0.1) is 5.92 Å². The first-order valence-corrected chi connectivity index (χ1v) is 10.8. The Morgan fingerprint density at radius 3 is 2.83 bits per heavy atom. The molecule has 2 fully saturated rings. The molecule has 0 spiro atoms. The Bertz CT molecular complexity index is 784. The summed E-state index contributed by atoms with van der Waals surface area (Å²) in [6, 6.07) is 4.51. The fourth-order valence-electron chi connectivity index (χ4n) is 4.62. The number of rotatable bonds is 6. The van der Waals surface area contributed by atoms with Crippen molar-refractivity contribution in [2.45, 2.75) is 51.7 Å². The standard InChI is InChI=1S/C22H32N6O/c1-17-24-14-20(26-17)16-27-10-6-21(7-11-27)28-9-3-5-19(15-28)22(29)25-13-18-4-2-8-23-12-18/h2,4,8,12,14,19,21H,3,5-7,9-11,13,15-16H2,1H3,(H,24,26)(H,25,29)/t19-/m0/s1. The van der Waals surface area contributed by atoms with Crippen LogP contribution in [0.5, 0.6) is 0 Å². The lowest BCUT2D eigenvalue weighted by molar-refractivity contribution is -0.127. The lowest BCUT2D eigenvalue weighted by atomic mass is 9.93. The van der Waals surface area contributed by atoms with E-state index in [1.54, 1.807) is 6.20 Å². The number of amides is 1. The number of aromatic amines is 1. The minimum absolute atomic E-state index is 0.103. The van der Waals surface area contributed by atoms with Gasteiger partial charge in [0.15, 0.2) is 0 Å². The molecule has 1 atom stereocenters. The molecule has 7 nitrogen and oxygen atoms in total. The van der Waals surface area contributed by atoms with E-state index in [9.17, 15) is 4.79 Å². The van der Waals surface area contributed by atoms with E-state index in [1.165, 1.54) is 18.5 Å². The van der Waals surface area contributed by atoms with E-state index in [1.807, 2.05) is 31.5 Å². The summed E-state index contributed by atoms with van der Waals surface area (Å²) in [7, 11) is 0. The molecule has 2 aromatic heterocycles. The summed E-state index contributed by atoms with van der Waals surface area (Å²) in [4.78, 5) is 29.5. The van der Waals surface area contributed by atoms with Gasteiger partial charge in [-0.25, -0.2) is 4.98 Å². The summed E-state index contributed by atoms with van der Waals surface area (Å²) in [6.45, 7) is 7.74. The van der Waals surface area contributed by atoms with Gasteiger partial charge in [-0.05, 0) is 50.8 Å². The van der Waals surface area contributed by atoms with Crippen LogP contribution in [0.2, 0.25) is 0 Å². The topological polar surface area (TPSA) is 77.2 Å². The number of aryl methyl sites for hydroxylation is 1. The predicted molar refractivity (Wildman–Crippen MR) is 112 cm³/mol. The van der Waals surface area contributed by atoms with Gasteiger partial charge >= 0.3 is 0 Å². The maximum atomic E-state index is 12.7. The molecule has 4 heterocycles. The zero-order chi connectivity index (χ0) is 20.1. The number of hydrogen-bond acceptors (Lipinski definition) is 5. The van der Waals surface area contributed by atoms with Gasteiger partial charge < -0.3 is 10.3 Å². The Balaban J connectivity index is 1.23. The number of piperidine rings is 2. The van der Waals surface area contributed by atoms with Crippen LogP contribution in [-0.4, -0.2) is 62.9 Å². The number of hydrogen-bond donors (Lipinski definition) is 2. The molecule has 0 aliphatic carbocycles. The number of pyridine rings is 1. The van der Waals surface area contributed by atoms with Crippen molar-refractivity contribution < 1.29 is 4.79 Å². The Hall–Kier alpha value is -2.25. The molecule has 2 saturated heterocycles. The molecule has 0 bridgehead atoms. The van der Waals surface area contributed by atoms with Crippen molar-refractivity contribution in [2.75, 3.05) is 26.2 Å². The summed E-state index contributed by atoms with van der Waals surface area (Å²) in [5, 5.41) is 3.11. The molecule has 4 rings (SSSR count). The maximum Gasteiger partial charge on any atom is 0.224 e. The van der Waals surface area contributed by atoms with Crippen LogP contribution in [0, 0.1) is 12.8 Å². The fraction of sp³-hybridized carbons (Fsp3) is 0.591. The van der Waals surface area contributed by atoms with Crippen LogP contribution in [0.25, 0.3) is 0 Å². The lowest BCUT2D eigenvalue weighted by Crippen LogP contribution is -2.50. The van der Waals surface area contributed by atoms with E-state index in [2.05, 4.69) is 30.1 Å². The zero-order valence-electron chi connectivity index (χ0n) is 17.3. The van der Waals surface area contributed by atoms with Gasteiger partial charge in [-0.1, -0.05) is 6.07 Å². The Morgan fingerprint density at radius 2 is 2.10 bits per heavy atom. The molecule has 29 heavy (non-hydrogen) atoms. The molecule has 7 heteroatoms.